The molecule has 1 fully saturated rings. The minimum Gasteiger partial charge on any atom is -0.479 e. The van der Waals surface area contributed by atoms with Crippen molar-refractivity contribution in [2.75, 3.05) is 10.6 Å². The summed E-state index contributed by atoms with van der Waals surface area (Å²) in [5.74, 6) is -0.0736. The summed E-state index contributed by atoms with van der Waals surface area (Å²) in [6, 6.07) is 4.25. The maximum atomic E-state index is 12.0. The molecular formula is C16H20N4O4. The summed E-state index contributed by atoms with van der Waals surface area (Å²) in [6.07, 6.45) is 1.37. The van der Waals surface area contributed by atoms with Gasteiger partial charge in [-0.2, -0.15) is 0 Å². The van der Waals surface area contributed by atoms with Crippen molar-refractivity contribution in [1.82, 2.24) is 10.6 Å². The van der Waals surface area contributed by atoms with Crippen molar-refractivity contribution in [3.8, 4) is 5.75 Å². The topological polar surface area (TPSA) is 109 Å². The summed E-state index contributed by atoms with van der Waals surface area (Å²) < 4.78 is 5.47. The number of imide groups is 1. The third kappa shape index (κ3) is 3.76. The van der Waals surface area contributed by atoms with Gasteiger partial charge in [0.25, 0.3) is 5.91 Å². The molecule has 2 aliphatic rings. The highest BCUT2D eigenvalue weighted by atomic mass is 16.5. The van der Waals surface area contributed by atoms with Crippen LogP contribution in [0.5, 0.6) is 5.75 Å². The standard InChI is InChI=1S/C16H20N4O4/c1-8(14(21)20-16(23)18-10-3-4-10)17-11-5-6-13-12(7-11)19-15(22)9(2)24-13/h5-10,17H,3-4H2,1-2H3,(H,19,22)(H2,18,20,21,23)/t8-,9-/m0/s1. The molecule has 4 N–H and O–H groups in total. The van der Waals surface area contributed by atoms with Crippen LogP contribution < -0.4 is 26.0 Å². The summed E-state index contributed by atoms with van der Waals surface area (Å²) >= 11 is 0. The Kier molecular flexibility index (Phi) is 4.28. The number of carbonyl (C=O) groups excluding carboxylic acids is 3. The maximum absolute atomic E-state index is 12.0. The second kappa shape index (κ2) is 6.38. The zero-order valence-corrected chi connectivity index (χ0v) is 13.5. The number of benzene rings is 1. The van der Waals surface area contributed by atoms with Crippen molar-refractivity contribution in [2.24, 2.45) is 0 Å². The number of anilines is 2. The number of hydrogen-bond acceptors (Lipinski definition) is 5. The van der Waals surface area contributed by atoms with Gasteiger partial charge < -0.3 is 20.7 Å². The molecule has 128 valence electrons. The molecular weight excluding hydrogens is 312 g/mol. The Bertz CT molecular complexity index is 687. The Hall–Kier alpha value is -2.77. The molecule has 1 aliphatic heterocycles. The largest absolute Gasteiger partial charge is 0.479 e. The molecule has 24 heavy (non-hydrogen) atoms. The average Bonchev–Trinajstić information content (AvgIpc) is 3.32. The molecule has 2 atom stereocenters. The third-order valence-corrected chi connectivity index (χ3v) is 3.84. The van der Waals surface area contributed by atoms with Gasteiger partial charge in [-0.25, -0.2) is 4.79 Å². The fourth-order valence-corrected chi connectivity index (χ4v) is 2.28. The first-order valence-electron chi connectivity index (χ1n) is 7.92. The van der Waals surface area contributed by atoms with Crippen molar-refractivity contribution < 1.29 is 19.1 Å². The number of fused-ring (bicyclic) bond motifs is 1. The number of nitrogens with one attached hydrogen (secondary N) is 4. The van der Waals surface area contributed by atoms with E-state index in [1.165, 1.54) is 0 Å². The fourth-order valence-electron chi connectivity index (χ4n) is 2.28. The van der Waals surface area contributed by atoms with E-state index in [0.717, 1.165) is 12.8 Å². The highest BCUT2D eigenvalue weighted by molar-refractivity contribution is 5.99. The van der Waals surface area contributed by atoms with Crippen LogP contribution in [0.4, 0.5) is 16.2 Å². The van der Waals surface area contributed by atoms with Gasteiger partial charge in [-0.15, -0.1) is 0 Å². The van der Waals surface area contributed by atoms with E-state index in [1.807, 2.05) is 0 Å². The smallest absolute Gasteiger partial charge is 0.321 e. The van der Waals surface area contributed by atoms with Gasteiger partial charge in [0.15, 0.2) is 6.10 Å². The molecule has 1 aromatic carbocycles. The van der Waals surface area contributed by atoms with Crippen molar-refractivity contribution in [1.29, 1.82) is 0 Å². The van der Waals surface area contributed by atoms with E-state index >= 15 is 0 Å². The van der Waals surface area contributed by atoms with Crippen molar-refractivity contribution >= 4 is 29.2 Å². The molecule has 1 aliphatic carbocycles. The zero-order valence-electron chi connectivity index (χ0n) is 13.5. The number of ether oxygens (including phenoxy) is 1. The SMILES string of the molecule is C[C@H](Nc1ccc2c(c1)NC(=O)[C@H](C)O2)C(=O)NC(=O)NC1CC1. The van der Waals surface area contributed by atoms with E-state index in [-0.39, 0.29) is 11.9 Å². The van der Waals surface area contributed by atoms with Gasteiger partial charge >= 0.3 is 6.03 Å². The van der Waals surface area contributed by atoms with Gasteiger partial charge in [-0.05, 0) is 44.9 Å². The second-order valence-corrected chi connectivity index (χ2v) is 6.06. The first kappa shape index (κ1) is 16.1. The first-order valence-corrected chi connectivity index (χ1v) is 7.92. The molecule has 1 heterocycles. The molecule has 0 radical (unpaired) electrons. The number of carbonyl (C=O) groups is 3. The lowest BCUT2D eigenvalue weighted by Gasteiger charge is -2.24. The molecule has 3 rings (SSSR count). The minimum absolute atomic E-state index is 0.188. The summed E-state index contributed by atoms with van der Waals surface area (Å²) in [5, 5.41) is 10.7. The summed E-state index contributed by atoms with van der Waals surface area (Å²) in [5.41, 5.74) is 1.18. The Morgan fingerprint density at radius 2 is 2.08 bits per heavy atom. The van der Waals surface area contributed by atoms with Gasteiger partial charge in [0.05, 0.1) is 5.69 Å². The van der Waals surface area contributed by atoms with Crippen LogP contribution in [-0.2, 0) is 9.59 Å². The van der Waals surface area contributed by atoms with E-state index in [0.29, 0.717) is 17.1 Å². The van der Waals surface area contributed by atoms with Gasteiger partial charge in [0.2, 0.25) is 5.91 Å². The van der Waals surface area contributed by atoms with E-state index in [9.17, 15) is 14.4 Å². The van der Waals surface area contributed by atoms with E-state index in [4.69, 9.17) is 4.74 Å². The van der Waals surface area contributed by atoms with Crippen LogP contribution in [0.15, 0.2) is 18.2 Å². The quantitative estimate of drug-likeness (QED) is 0.662. The number of hydrogen-bond donors (Lipinski definition) is 4. The first-order chi connectivity index (χ1) is 11.4. The van der Waals surface area contributed by atoms with Crippen molar-refractivity contribution in [3.05, 3.63) is 18.2 Å². The summed E-state index contributed by atoms with van der Waals surface area (Å²) in [6.45, 7) is 3.32. The van der Waals surface area contributed by atoms with Crippen molar-refractivity contribution in [3.63, 3.8) is 0 Å². The Labute approximate surface area is 139 Å². The maximum Gasteiger partial charge on any atom is 0.321 e. The number of amides is 4. The molecule has 0 bridgehead atoms. The van der Waals surface area contributed by atoms with Gasteiger partial charge in [-0.3, -0.25) is 14.9 Å². The lowest BCUT2D eigenvalue weighted by molar-refractivity contribution is -0.123. The highest BCUT2D eigenvalue weighted by Crippen LogP contribution is 2.32. The normalized spacial score (nSPS) is 20.1. The molecule has 0 unspecified atom stereocenters. The monoisotopic (exact) mass is 332 g/mol. The minimum atomic E-state index is -0.618. The zero-order chi connectivity index (χ0) is 17.3. The Morgan fingerprint density at radius 3 is 2.79 bits per heavy atom. The van der Waals surface area contributed by atoms with Crippen LogP contribution in [0, 0.1) is 0 Å². The fraction of sp³-hybridized carbons (Fsp3) is 0.438. The summed E-state index contributed by atoms with van der Waals surface area (Å²) in [7, 11) is 0. The third-order valence-electron chi connectivity index (χ3n) is 3.84. The predicted octanol–water partition coefficient (Wildman–Crippen LogP) is 1.19. The molecule has 1 aromatic rings. The van der Waals surface area contributed by atoms with Crippen LogP contribution in [0.2, 0.25) is 0 Å². The van der Waals surface area contributed by atoms with E-state index < -0.39 is 24.1 Å². The second-order valence-electron chi connectivity index (χ2n) is 6.06. The molecule has 4 amide bonds. The van der Waals surface area contributed by atoms with Crippen molar-refractivity contribution in [2.45, 2.75) is 44.9 Å². The number of urea groups is 1. The predicted molar refractivity (Wildman–Crippen MR) is 87.9 cm³/mol. The lowest BCUT2D eigenvalue weighted by atomic mass is 10.2. The Morgan fingerprint density at radius 1 is 1.33 bits per heavy atom. The number of rotatable bonds is 4. The van der Waals surface area contributed by atoms with Crippen LogP contribution in [-0.4, -0.2) is 36.0 Å². The highest BCUT2D eigenvalue weighted by Gasteiger charge is 2.26. The summed E-state index contributed by atoms with van der Waals surface area (Å²) in [4.78, 5) is 35.2. The average molecular weight is 332 g/mol. The van der Waals surface area contributed by atoms with Gasteiger partial charge in [0.1, 0.15) is 11.8 Å². The lowest BCUT2D eigenvalue weighted by Crippen LogP contribution is -2.46. The van der Waals surface area contributed by atoms with Crippen LogP contribution in [0.1, 0.15) is 26.7 Å². The Balaban J connectivity index is 1.58. The van der Waals surface area contributed by atoms with Crippen LogP contribution >= 0.6 is 0 Å². The molecule has 0 saturated heterocycles. The molecule has 8 nitrogen and oxygen atoms in total. The van der Waals surface area contributed by atoms with E-state index in [2.05, 4.69) is 21.3 Å². The molecule has 0 spiro atoms. The van der Waals surface area contributed by atoms with Crippen LogP contribution in [0.25, 0.3) is 0 Å². The molecule has 0 aromatic heterocycles. The molecule has 8 heteroatoms. The van der Waals surface area contributed by atoms with Gasteiger partial charge in [0, 0.05) is 11.7 Å². The van der Waals surface area contributed by atoms with Gasteiger partial charge in [-0.1, -0.05) is 0 Å². The molecule has 1 saturated carbocycles. The van der Waals surface area contributed by atoms with Crippen LogP contribution in [0.3, 0.4) is 0 Å². The van der Waals surface area contributed by atoms with E-state index in [1.54, 1.807) is 32.0 Å².